The normalized spacial score (nSPS) is 23.7. The molecule has 0 aliphatic carbocycles. The lowest BCUT2D eigenvalue weighted by molar-refractivity contribution is -0.157. The van der Waals surface area contributed by atoms with Crippen molar-refractivity contribution in [1.82, 2.24) is 9.80 Å². The highest BCUT2D eigenvalue weighted by atomic mass is 32.1. The Balaban J connectivity index is 1.81. The first-order valence-corrected chi connectivity index (χ1v) is 8.06. The van der Waals surface area contributed by atoms with E-state index in [-0.39, 0.29) is 17.9 Å². The second-order valence-electron chi connectivity index (χ2n) is 5.50. The molecule has 0 spiro atoms. The Morgan fingerprint density at radius 3 is 2.68 bits per heavy atom. The Morgan fingerprint density at radius 2 is 1.89 bits per heavy atom. The average molecular weight is 284 g/mol. The molecule has 0 aromatic heterocycles. The van der Waals surface area contributed by atoms with E-state index >= 15 is 0 Å². The molecule has 2 fully saturated rings. The number of unbranched alkanes of at least 4 members (excludes halogenated alkanes) is 3. The Kier molecular flexibility index (Phi) is 5.55. The van der Waals surface area contributed by atoms with Crippen molar-refractivity contribution in [2.45, 2.75) is 51.0 Å². The summed E-state index contributed by atoms with van der Waals surface area (Å²) >= 11 is 4.19. The van der Waals surface area contributed by atoms with Gasteiger partial charge in [0.05, 0.1) is 6.54 Å². The fraction of sp³-hybridized carbons (Fsp3) is 0.857. The van der Waals surface area contributed by atoms with E-state index in [1.165, 1.54) is 0 Å². The molecule has 2 aliphatic rings. The van der Waals surface area contributed by atoms with E-state index in [2.05, 4.69) is 12.6 Å². The zero-order valence-corrected chi connectivity index (χ0v) is 12.4. The molecule has 0 radical (unpaired) electrons. The van der Waals surface area contributed by atoms with Gasteiger partial charge in [0.15, 0.2) is 0 Å². The highest BCUT2D eigenvalue weighted by Gasteiger charge is 2.39. The van der Waals surface area contributed by atoms with E-state index in [1.807, 2.05) is 0 Å². The van der Waals surface area contributed by atoms with Gasteiger partial charge < -0.3 is 9.80 Å². The monoisotopic (exact) mass is 284 g/mol. The summed E-state index contributed by atoms with van der Waals surface area (Å²) in [7, 11) is 0. The molecule has 1 unspecified atom stereocenters. The summed E-state index contributed by atoms with van der Waals surface area (Å²) in [5.74, 6) is 1.24. The smallest absolute Gasteiger partial charge is 0.245 e. The molecule has 0 N–H and O–H groups in total. The standard InChI is InChI=1S/C14H24N2O2S/c17-13-11-15(8-4-1-2-6-10-19)14(18)12-7-3-5-9-16(12)13/h12,19H,1-11H2. The SMILES string of the molecule is O=C1C2CCCCN2C(=O)CN1CCCCCCS. The number of thiol groups is 1. The van der Waals surface area contributed by atoms with Gasteiger partial charge >= 0.3 is 0 Å². The van der Waals surface area contributed by atoms with Gasteiger partial charge in [0, 0.05) is 13.1 Å². The third-order valence-electron chi connectivity index (χ3n) is 4.08. The van der Waals surface area contributed by atoms with Crippen LogP contribution in [-0.4, -0.2) is 53.0 Å². The summed E-state index contributed by atoms with van der Waals surface area (Å²) in [4.78, 5) is 28.0. The molecule has 2 heterocycles. The van der Waals surface area contributed by atoms with Crippen LogP contribution in [0, 0.1) is 0 Å². The number of piperazine rings is 1. The maximum Gasteiger partial charge on any atom is 0.245 e. The van der Waals surface area contributed by atoms with Crippen LogP contribution < -0.4 is 0 Å². The van der Waals surface area contributed by atoms with E-state index in [0.717, 1.165) is 63.8 Å². The summed E-state index contributed by atoms with van der Waals surface area (Å²) in [5, 5.41) is 0. The van der Waals surface area contributed by atoms with Crippen molar-refractivity contribution in [2.75, 3.05) is 25.4 Å². The molecule has 108 valence electrons. The van der Waals surface area contributed by atoms with Crippen molar-refractivity contribution in [3.8, 4) is 0 Å². The van der Waals surface area contributed by atoms with Crippen LogP contribution in [-0.2, 0) is 9.59 Å². The lowest BCUT2D eigenvalue weighted by atomic mass is 9.98. The number of hydrogen-bond donors (Lipinski definition) is 1. The maximum absolute atomic E-state index is 12.3. The highest BCUT2D eigenvalue weighted by Crippen LogP contribution is 2.23. The Bertz CT molecular complexity index is 335. The predicted octanol–water partition coefficient (Wildman–Crippen LogP) is 1.70. The molecule has 0 aromatic rings. The van der Waals surface area contributed by atoms with Gasteiger partial charge in [0.25, 0.3) is 0 Å². The first-order valence-electron chi connectivity index (χ1n) is 7.43. The number of rotatable bonds is 6. The van der Waals surface area contributed by atoms with Crippen LogP contribution >= 0.6 is 12.6 Å². The minimum absolute atomic E-state index is 0.139. The van der Waals surface area contributed by atoms with Gasteiger partial charge in [-0.25, -0.2) is 0 Å². The van der Waals surface area contributed by atoms with Crippen LogP contribution in [0.4, 0.5) is 0 Å². The predicted molar refractivity (Wildman–Crippen MR) is 78.3 cm³/mol. The number of nitrogens with zero attached hydrogens (tertiary/aromatic N) is 2. The van der Waals surface area contributed by atoms with E-state index < -0.39 is 0 Å². The third-order valence-corrected chi connectivity index (χ3v) is 4.40. The number of hydrogen-bond acceptors (Lipinski definition) is 3. The lowest BCUT2D eigenvalue weighted by Crippen LogP contribution is -2.61. The highest BCUT2D eigenvalue weighted by molar-refractivity contribution is 7.80. The average Bonchev–Trinajstić information content (AvgIpc) is 2.44. The fourth-order valence-corrected chi connectivity index (χ4v) is 3.21. The van der Waals surface area contributed by atoms with Crippen molar-refractivity contribution >= 4 is 24.4 Å². The van der Waals surface area contributed by atoms with Crippen molar-refractivity contribution in [1.29, 1.82) is 0 Å². The molecule has 1 atom stereocenters. The molecule has 2 amide bonds. The van der Waals surface area contributed by atoms with Crippen LogP contribution in [0.2, 0.25) is 0 Å². The number of fused-ring (bicyclic) bond motifs is 1. The Morgan fingerprint density at radius 1 is 1.11 bits per heavy atom. The lowest BCUT2D eigenvalue weighted by Gasteiger charge is -2.42. The van der Waals surface area contributed by atoms with Crippen LogP contribution in [0.3, 0.4) is 0 Å². The molecule has 2 aliphatic heterocycles. The Hall–Kier alpha value is -0.710. The zero-order chi connectivity index (χ0) is 13.7. The molecule has 0 bridgehead atoms. The topological polar surface area (TPSA) is 40.6 Å². The third kappa shape index (κ3) is 3.65. The summed E-state index contributed by atoms with van der Waals surface area (Å²) in [6.45, 7) is 1.80. The quantitative estimate of drug-likeness (QED) is 0.596. The summed E-state index contributed by atoms with van der Waals surface area (Å²) in [5.41, 5.74) is 0. The largest absolute Gasteiger partial charge is 0.332 e. The van der Waals surface area contributed by atoms with Gasteiger partial charge in [0.2, 0.25) is 11.8 Å². The van der Waals surface area contributed by atoms with Gasteiger partial charge in [-0.05, 0) is 37.9 Å². The molecular formula is C14H24N2O2S. The first kappa shape index (κ1) is 14.7. The number of carbonyl (C=O) groups excluding carboxylic acids is 2. The van der Waals surface area contributed by atoms with E-state index in [0.29, 0.717) is 6.54 Å². The molecule has 19 heavy (non-hydrogen) atoms. The molecular weight excluding hydrogens is 260 g/mol. The summed E-state index contributed by atoms with van der Waals surface area (Å²) < 4.78 is 0. The zero-order valence-electron chi connectivity index (χ0n) is 11.5. The van der Waals surface area contributed by atoms with Gasteiger partial charge in [0.1, 0.15) is 6.04 Å². The molecule has 4 nitrogen and oxygen atoms in total. The summed E-state index contributed by atoms with van der Waals surface area (Å²) in [6, 6.07) is -0.160. The van der Waals surface area contributed by atoms with Crippen molar-refractivity contribution < 1.29 is 9.59 Å². The van der Waals surface area contributed by atoms with Gasteiger partial charge in [-0.15, -0.1) is 0 Å². The molecule has 0 aromatic carbocycles. The van der Waals surface area contributed by atoms with Crippen molar-refractivity contribution in [3.05, 3.63) is 0 Å². The fourth-order valence-electron chi connectivity index (χ4n) is 2.99. The van der Waals surface area contributed by atoms with Gasteiger partial charge in [-0.1, -0.05) is 12.8 Å². The maximum atomic E-state index is 12.3. The Labute approximate surface area is 120 Å². The van der Waals surface area contributed by atoms with Crippen molar-refractivity contribution in [2.24, 2.45) is 0 Å². The van der Waals surface area contributed by atoms with Crippen LogP contribution in [0.25, 0.3) is 0 Å². The van der Waals surface area contributed by atoms with E-state index in [4.69, 9.17) is 0 Å². The van der Waals surface area contributed by atoms with Crippen LogP contribution in [0.15, 0.2) is 0 Å². The van der Waals surface area contributed by atoms with Crippen molar-refractivity contribution in [3.63, 3.8) is 0 Å². The van der Waals surface area contributed by atoms with E-state index in [1.54, 1.807) is 9.80 Å². The van der Waals surface area contributed by atoms with Crippen LogP contribution in [0.5, 0.6) is 0 Å². The molecule has 2 saturated heterocycles. The number of carbonyl (C=O) groups is 2. The molecule has 0 saturated carbocycles. The second kappa shape index (κ2) is 7.17. The van der Waals surface area contributed by atoms with Gasteiger partial charge in [-0.2, -0.15) is 12.6 Å². The molecule has 5 heteroatoms. The minimum atomic E-state index is -0.160. The summed E-state index contributed by atoms with van der Waals surface area (Å²) in [6.07, 6.45) is 7.36. The minimum Gasteiger partial charge on any atom is -0.332 e. The van der Waals surface area contributed by atoms with Gasteiger partial charge in [-0.3, -0.25) is 9.59 Å². The number of piperidine rings is 1. The van der Waals surface area contributed by atoms with E-state index in [9.17, 15) is 9.59 Å². The molecule has 2 rings (SSSR count). The second-order valence-corrected chi connectivity index (χ2v) is 5.94. The number of amides is 2. The van der Waals surface area contributed by atoms with Crippen LogP contribution in [0.1, 0.15) is 44.9 Å². The first-order chi connectivity index (χ1) is 9.24.